The van der Waals surface area contributed by atoms with E-state index in [0.29, 0.717) is 19.6 Å². The van der Waals surface area contributed by atoms with Gasteiger partial charge in [-0.2, -0.15) is 13.2 Å². The van der Waals surface area contributed by atoms with E-state index in [1.807, 2.05) is 22.4 Å². The Morgan fingerprint density at radius 3 is 2.68 bits per heavy atom. The molecular formula is C14H19F3N2O2S. The molecule has 1 saturated heterocycles. The first kappa shape index (κ1) is 17.2. The van der Waals surface area contributed by atoms with Crippen LogP contribution in [0.25, 0.3) is 0 Å². The van der Waals surface area contributed by atoms with Crippen LogP contribution in [0.2, 0.25) is 0 Å². The molecule has 0 aromatic carbocycles. The number of thiophene rings is 1. The van der Waals surface area contributed by atoms with Gasteiger partial charge in [0.15, 0.2) is 6.10 Å². The Morgan fingerprint density at radius 2 is 2.14 bits per heavy atom. The number of carbonyl (C=O) groups is 1. The Bertz CT molecular complexity index is 471. The van der Waals surface area contributed by atoms with E-state index >= 15 is 0 Å². The molecule has 2 heterocycles. The van der Waals surface area contributed by atoms with E-state index in [-0.39, 0.29) is 25.3 Å². The van der Waals surface area contributed by atoms with E-state index in [1.54, 1.807) is 11.3 Å². The number of aliphatic hydroxyl groups excluding tert-OH is 1. The van der Waals surface area contributed by atoms with Gasteiger partial charge in [-0.3, -0.25) is 9.69 Å². The Labute approximate surface area is 130 Å². The van der Waals surface area contributed by atoms with Crippen molar-refractivity contribution in [3.8, 4) is 0 Å². The highest BCUT2D eigenvalue weighted by Gasteiger charge is 2.44. The van der Waals surface area contributed by atoms with Crippen molar-refractivity contribution in [1.82, 2.24) is 10.2 Å². The summed E-state index contributed by atoms with van der Waals surface area (Å²) < 4.78 is 37.3. The molecule has 0 bridgehead atoms. The van der Waals surface area contributed by atoms with Crippen LogP contribution in [-0.2, 0) is 11.3 Å². The SMILES string of the molecule is O=C(CN1CCC(C(O)C(F)(F)F)CC1)NCc1cccs1. The second-order valence-corrected chi connectivity index (χ2v) is 6.49. The average Bonchev–Trinajstić information content (AvgIpc) is 2.97. The summed E-state index contributed by atoms with van der Waals surface area (Å²) in [5, 5.41) is 14.0. The van der Waals surface area contributed by atoms with Crippen LogP contribution in [0.5, 0.6) is 0 Å². The number of hydrogen-bond donors (Lipinski definition) is 2. The number of amides is 1. The molecule has 0 aliphatic carbocycles. The van der Waals surface area contributed by atoms with Gasteiger partial charge in [-0.1, -0.05) is 6.07 Å². The Kier molecular flexibility index (Phi) is 5.82. The van der Waals surface area contributed by atoms with Crippen molar-refractivity contribution in [1.29, 1.82) is 0 Å². The van der Waals surface area contributed by atoms with Crippen molar-refractivity contribution in [3.05, 3.63) is 22.4 Å². The molecule has 124 valence electrons. The van der Waals surface area contributed by atoms with Crippen LogP contribution in [-0.4, -0.2) is 47.8 Å². The molecule has 0 spiro atoms. The Balaban J connectivity index is 1.69. The molecule has 1 aromatic rings. The third kappa shape index (κ3) is 4.96. The van der Waals surface area contributed by atoms with Crippen LogP contribution in [0.1, 0.15) is 17.7 Å². The van der Waals surface area contributed by atoms with Crippen LogP contribution < -0.4 is 5.32 Å². The van der Waals surface area contributed by atoms with Crippen molar-refractivity contribution in [3.63, 3.8) is 0 Å². The Hall–Kier alpha value is -1.12. The number of nitrogens with one attached hydrogen (secondary N) is 1. The van der Waals surface area contributed by atoms with E-state index in [2.05, 4.69) is 5.32 Å². The second-order valence-electron chi connectivity index (χ2n) is 5.46. The summed E-state index contributed by atoms with van der Waals surface area (Å²) in [5.74, 6) is -0.909. The van der Waals surface area contributed by atoms with E-state index < -0.39 is 18.2 Å². The molecule has 1 aromatic heterocycles. The Morgan fingerprint density at radius 1 is 1.45 bits per heavy atom. The summed E-state index contributed by atoms with van der Waals surface area (Å²) in [6.07, 6.45) is -6.33. The quantitative estimate of drug-likeness (QED) is 0.865. The minimum atomic E-state index is -4.56. The monoisotopic (exact) mass is 336 g/mol. The average molecular weight is 336 g/mol. The molecule has 1 atom stereocenters. The van der Waals surface area contributed by atoms with Gasteiger partial charge in [0.2, 0.25) is 5.91 Å². The molecule has 1 fully saturated rings. The number of halogens is 3. The fourth-order valence-corrected chi connectivity index (χ4v) is 3.20. The van der Waals surface area contributed by atoms with Crippen LogP contribution in [0.4, 0.5) is 13.2 Å². The smallest absolute Gasteiger partial charge is 0.383 e. The van der Waals surface area contributed by atoms with E-state index in [4.69, 9.17) is 0 Å². The lowest BCUT2D eigenvalue weighted by atomic mass is 9.91. The third-order valence-electron chi connectivity index (χ3n) is 3.82. The summed E-state index contributed by atoms with van der Waals surface area (Å²) >= 11 is 1.55. The van der Waals surface area contributed by atoms with Crippen molar-refractivity contribution in [2.24, 2.45) is 5.92 Å². The standard InChI is InChI=1S/C14H19F3N2O2S/c15-14(16,17)13(21)10-3-5-19(6-4-10)9-12(20)18-8-11-2-1-7-22-11/h1-2,7,10,13,21H,3-6,8-9H2,(H,18,20). The fourth-order valence-electron chi connectivity index (χ4n) is 2.55. The summed E-state index contributed by atoms with van der Waals surface area (Å²) in [4.78, 5) is 14.7. The minimum absolute atomic E-state index is 0.136. The molecule has 1 aliphatic heterocycles. The number of piperidine rings is 1. The number of carbonyl (C=O) groups excluding carboxylic acids is 1. The van der Waals surface area contributed by atoms with Gasteiger partial charge >= 0.3 is 6.18 Å². The van der Waals surface area contributed by atoms with E-state index in [1.165, 1.54) is 0 Å². The van der Waals surface area contributed by atoms with Crippen LogP contribution >= 0.6 is 11.3 Å². The lowest BCUT2D eigenvalue weighted by molar-refractivity contribution is -0.223. The highest BCUT2D eigenvalue weighted by atomic mass is 32.1. The molecule has 2 rings (SSSR count). The number of hydrogen-bond acceptors (Lipinski definition) is 4. The molecule has 1 amide bonds. The molecule has 4 nitrogen and oxygen atoms in total. The summed E-state index contributed by atoms with van der Waals surface area (Å²) in [6, 6.07) is 3.83. The van der Waals surface area contributed by atoms with Gasteiger partial charge in [0, 0.05) is 4.88 Å². The van der Waals surface area contributed by atoms with Crippen molar-refractivity contribution < 1.29 is 23.1 Å². The zero-order valence-electron chi connectivity index (χ0n) is 12.0. The van der Waals surface area contributed by atoms with Gasteiger partial charge < -0.3 is 10.4 Å². The van der Waals surface area contributed by atoms with Gasteiger partial charge in [0.1, 0.15) is 0 Å². The van der Waals surface area contributed by atoms with Crippen LogP contribution in [0.15, 0.2) is 17.5 Å². The van der Waals surface area contributed by atoms with Crippen molar-refractivity contribution in [2.45, 2.75) is 31.7 Å². The van der Waals surface area contributed by atoms with Gasteiger partial charge in [0.05, 0.1) is 13.1 Å². The van der Waals surface area contributed by atoms with E-state index in [0.717, 1.165) is 4.88 Å². The largest absolute Gasteiger partial charge is 0.414 e. The normalized spacial score (nSPS) is 19.1. The number of rotatable bonds is 5. The lowest BCUT2D eigenvalue weighted by Crippen LogP contribution is -2.46. The summed E-state index contributed by atoms with van der Waals surface area (Å²) in [6.45, 7) is 1.44. The van der Waals surface area contributed by atoms with Crippen LogP contribution in [0.3, 0.4) is 0 Å². The summed E-state index contributed by atoms with van der Waals surface area (Å²) in [5.41, 5.74) is 0. The minimum Gasteiger partial charge on any atom is -0.383 e. The van der Waals surface area contributed by atoms with E-state index in [9.17, 15) is 23.1 Å². The second kappa shape index (κ2) is 7.43. The molecule has 1 aliphatic rings. The molecule has 1 unspecified atom stereocenters. The van der Waals surface area contributed by atoms with Gasteiger partial charge in [-0.05, 0) is 43.3 Å². The molecule has 22 heavy (non-hydrogen) atoms. The zero-order valence-corrected chi connectivity index (χ0v) is 12.8. The summed E-state index contributed by atoms with van der Waals surface area (Å²) in [7, 11) is 0. The highest BCUT2D eigenvalue weighted by molar-refractivity contribution is 7.09. The van der Waals surface area contributed by atoms with Gasteiger partial charge in [0.25, 0.3) is 0 Å². The maximum atomic E-state index is 12.4. The first-order valence-electron chi connectivity index (χ1n) is 7.12. The predicted octanol–water partition coefficient (Wildman–Crippen LogP) is 2.00. The van der Waals surface area contributed by atoms with Crippen LogP contribution in [0, 0.1) is 5.92 Å². The number of aliphatic hydroxyl groups is 1. The molecule has 0 radical (unpaired) electrons. The molecule has 0 saturated carbocycles. The number of nitrogens with zero attached hydrogens (tertiary/aromatic N) is 1. The maximum Gasteiger partial charge on any atom is 0.414 e. The zero-order chi connectivity index (χ0) is 16.2. The predicted molar refractivity (Wildman–Crippen MR) is 77.4 cm³/mol. The number of alkyl halides is 3. The third-order valence-corrected chi connectivity index (χ3v) is 4.70. The van der Waals surface area contributed by atoms with Crippen molar-refractivity contribution >= 4 is 17.2 Å². The molecule has 2 N–H and O–H groups in total. The first-order valence-corrected chi connectivity index (χ1v) is 8.00. The topological polar surface area (TPSA) is 52.6 Å². The molecular weight excluding hydrogens is 317 g/mol. The number of likely N-dealkylation sites (tertiary alicyclic amines) is 1. The van der Waals surface area contributed by atoms with Gasteiger partial charge in [-0.25, -0.2) is 0 Å². The van der Waals surface area contributed by atoms with Gasteiger partial charge in [-0.15, -0.1) is 11.3 Å². The first-order chi connectivity index (χ1) is 10.4. The van der Waals surface area contributed by atoms with Crippen molar-refractivity contribution in [2.75, 3.05) is 19.6 Å². The molecule has 8 heteroatoms. The highest BCUT2D eigenvalue weighted by Crippen LogP contribution is 2.31. The fraction of sp³-hybridized carbons (Fsp3) is 0.643. The lowest BCUT2D eigenvalue weighted by Gasteiger charge is -2.34. The maximum absolute atomic E-state index is 12.4.